The minimum Gasteiger partial charge on any atom is -0.491 e. The summed E-state index contributed by atoms with van der Waals surface area (Å²) in [5.74, 6) is 2.97. The molecule has 0 saturated heterocycles. The normalized spacial score (nSPS) is 26.0. The third-order valence-corrected chi connectivity index (χ3v) is 4.50. The van der Waals surface area contributed by atoms with Gasteiger partial charge in [0.2, 0.25) is 0 Å². The highest BCUT2D eigenvalue weighted by Crippen LogP contribution is 2.35. The standard InChI is InChI=1S/C18H29NO2/c1-13(2)17-8-7-14(3)11-18(17)21-10-9-20-16-6-4-5-15(19)12-16/h4-6,12-14,17-18H,7-11,19H2,1-3H3. The maximum absolute atomic E-state index is 6.12. The zero-order valence-electron chi connectivity index (χ0n) is 13.5. The van der Waals surface area contributed by atoms with Crippen LogP contribution in [0.4, 0.5) is 5.69 Å². The Morgan fingerprint density at radius 2 is 2.05 bits per heavy atom. The molecule has 1 aromatic rings. The molecule has 21 heavy (non-hydrogen) atoms. The largest absolute Gasteiger partial charge is 0.491 e. The SMILES string of the molecule is CC1CCC(C(C)C)C(OCCOc2cccc(N)c2)C1. The number of anilines is 1. The van der Waals surface area contributed by atoms with Gasteiger partial charge in [-0.15, -0.1) is 0 Å². The van der Waals surface area contributed by atoms with Crippen LogP contribution in [-0.4, -0.2) is 19.3 Å². The van der Waals surface area contributed by atoms with Gasteiger partial charge in [-0.1, -0.05) is 33.3 Å². The van der Waals surface area contributed by atoms with Crippen molar-refractivity contribution in [2.45, 2.75) is 46.1 Å². The van der Waals surface area contributed by atoms with Crippen molar-refractivity contribution in [3.05, 3.63) is 24.3 Å². The first-order valence-electron chi connectivity index (χ1n) is 8.16. The monoisotopic (exact) mass is 291 g/mol. The van der Waals surface area contributed by atoms with Crippen molar-refractivity contribution in [3.8, 4) is 5.75 Å². The van der Waals surface area contributed by atoms with Crippen molar-refractivity contribution in [1.29, 1.82) is 0 Å². The lowest BCUT2D eigenvalue weighted by atomic mass is 9.75. The summed E-state index contributed by atoms with van der Waals surface area (Å²) in [6, 6.07) is 7.54. The molecule has 3 unspecified atom stereocenters. The lowest BCUT2D eigenvalue weighted by Crippen LogP contribution is -2.35. The van der Waals surface area contributed by atoms with E-state index in [-0.39, 0.29) is 0 Å². The van der Waals surface area contributed by atoms with Gasteiger partial charge in [0.05, 0.1) is 12.7 Å². The molecule has 1 fully saturated rings. The third kappa shape index (κ3) is 4.92. The molecule has 3 atom stereocenters. The zero-order chi connectivity index (χ0) is 15.2. The van der Waals surface area contributed by atoms with Crippen LogP contribution in [0.1, 0.15) is 40.0 Å². The van der Waals surface area contributed by atoms with Gasteiger partial charge in [-0.05, 0) is 42.7 Å². The Bertz CT molecular complexity index is 433. The average Bonchev–Trinajstić information content (AvgIpc) is 2.43. The van der Waals surface area contributed by atoms with Crippen molar-refractivity contribution in [2.75, 3.05) is 18.9 Å². The van der Waals surface area contributed by atoms with E-state index in [1.807, 2.05) is 24.3 Å². The Morgan fingerprint density at radius 3 is 2.76 bits per heavy atom. The van der Waals surface area contributed by atoms with Crippen LogP contribution in [0.5, 0.6) is 5.75 Å². The summed E-state index contributed by atoms with van der Waals surface area (Å²) >= 11 is 0. The highest BCUT2D eigenvalue weighted by molar-refractivity contribution is 5.43. The number of hydrogen-bond acceptors (Lipinski definition) is 3. The van der Waals surface area contributed by atoms with E-state index < -0.39 is 0 Å². The van der Waals surface area contributed by atoms with Crippen LogP contribution in [0.3, 0.4) is 0 Å². The number of ether oxygens (including phenoxy) is 2. The van der Waals surface area contributed by atoms with Crippen LogP contribution in [0.2, 0.25) is 0 Å². The maximum atomic E-state index is 6.12. The minimum absolute atomic E-state index is 0.387. The Labute approximate surface area is 128 Å². The van der Waals surface area contributed by atoms with Gasteiger partial charge in [-0.2, -0.15) is 0 Å². The Morgan fingerprint density at radius 1 is 1.24 bits per heavy atom. The summed E-state index contributed by atoms with van der Waals surface area (Å²) in [4.78, 5) is 0. The van der Waals surface area contributed by atoms with Gasteiger partial charge < -0.3 is 15.2 Å². The first kappa shape index (κ1) is 16.2. The van der Waals surface area contributed by atoms with Gasteiger partial charge in [0.1, 0.15) is 12.4 Å². The molecule has 3 heteroatoms. The minimum atomic E-state index is 0.387. The van der Waals surface area contributed by atoms with Gasteiger partial charge >= 0.3 is 0 Å². The molecule has 0 aromatic heterocycles. The summed E-state index contributed by atoms with van der Waals surface area (Å²) < 4.78 is 11.8. The molecule has 0 spiro atoms. The van der Waals surface area contributed by atoms with Crippen molar-refractivity contribution in [2.24, 2.45) is 17.8 Å². The fraction of sp³-hybridized carbons (Fsp3) is 0.667. The lowest BCUT2D eigenvalue weighted by molar-refractivity contribution is -0.0465. The Kier molecular flexibility index (Phi) is 5.92. The molecule has 1 aliphatic carbocycles. The van der Waals surface area contributed by atoms with Crippen LogP contribution in [0.15, 0.2) is 24.3 Å². The molecular formula is C18H29NO2. The first-order chi connectivity index (χ1) is 10.1. The van der Waals surface area contributed by atoms with E-state index in [0.29, 0.717) is 31.2 Å². The van der Waals surface area contributed by atoms with Crippen LogP contribution >= 0.6 is 0 Å². The predicted octanol–water partition coefficient (Wildman–Crippen LogP) is 4.13. The number of nitrogens with two attached hydrogens (primary N) is 1. The van der Waals surface area contributed by atoms with Crippen molar-refractivity contribution in [1.82, 2.24) is 0 Å². The molecule has 0 radical (unpaired) electrons. The molecular weight excluding hydrogens is 262 g/mol. The first-order valence-corrected chi connectivity index (χ1v) is 8.16. The van der Waals surface area contributed by atoms with Gasteiger partial charge in [0, 0.05) is 11.8 Å². The molecule has 0 bridgehead atoms. The number of rotatable bonds is 6. The van der Waals surface area contributed by atoms with E-state index in [0.717, 1.165) is 17.4 Å². The molecule has 3 nitrogen and oxygen atoms in total. The molecule has 0 amide bonds. The highest BCUT2D eigenvalue weighted by Gasteiger charge is 2.31. The second-order valence-corrected chi connectivity index (χ2v) is 6.66. The smallest absolute Gasteiger partial charge is 0.121 e. The molecule has 0 aliphatic heterocycles. The van der Waals surface area contributed by atoms with E-state index in [1.54, 1.807) is 0 Å². The quantitative estimate of drug-likeness (QED) is 0.633. The number of hydrogen-bond donors (Lipinski definition) is 1. The second kappa shape index (κ2) is 7.69. The Hall–Kier alpha value is -1.22. The van der Waals surface area contributed by atoms with E-state index >= 15 is 0 Å². The molecule has 2 rings (SSSR count). The molecule has 1 saturated carbocycles. The number of nitrogen functional groups attached to an aromatic ring is 1. The Balaban J connectivity index is 1.76. The molecule has 1 aromatic carbocycles. The van der Waals surface area contributed by atoms with Crippen molar-refractivity contribution < 1.29 is 9.47 Å². The second-order valence-electron chi connectivity index (χ2n) is 6.66. The van der Waals surface area contributed by atoms with E-state index in [9.17, 15) is 0 Å². The van der Waals surface area contributed by atoms with Crippen LogP contribution in [0.25, 0.3) is 0 Å². The summed E-state index contributed by atoms with van der Waals surface area (Å²) in [6.07, 6.45) is 4.20. The van der Waals surface area contributed by atoms with Crippen molar-refractivity contribution in [3.63, 3.8) is 0 Å². The fourth-order valence-electron chi connectivity index (χ4n) is 3.27. The summed E-state index contributed by atoms with van der Waals surface area (Å²) in [5, 5.41) is 0. The molecule has 118 valence electrons. The van der Waals surface area contributed by atoms with Crippen LogP contribution in [-0.2, 0) is 4.74 Å². The van der Waals surface area contributed by atoms with Gasteiger partial charge in [0.15, 0.2) is 0 Å². The van der Waals surface area contributed by atoms with Gasteiger partial charge in [-0.25, -0.2) is 0 Å². The summed E-state index contributed by atoms with van der Waals surface area (Å²) in [7, 11) is 0. The summed E-state index contributed by atoms with van der Waals surface area (Å²) in [5.41, 5.74) is 6.47. The zero-order valence-corrected chi connectivity index (χ0v) is 13.5. The number of benzene rings is 1. The van der Waals surface area contributed by atoms with Crippen LogP contribution < -0.4 is 10.5 Å². The average molecular weight is 291 g/mol. The molecule has 0 heterocycles. The predicted molar refractivity (Wildman–Crippen MR) is 87.4 cm³/mol. The summed E-state index contributed by atoms with van der Waals surface area (Å²) in [6.45, 7) is 8.17. The molecule has 2 N–H and O–H groups in total. The van der Waals surface area contributed by atoms with Crippen LogP contribution in [0, 0.1) is 17.8 Å². The fourth-order valence-corrected chi connectivity index (χ4v) is 3.27. The van der Waals surface area contributed by atoms with E-state index in [4.69, 9.17) is 15.2 Å². The van der Waals surface area contributed by atoms with Gasteiger partial charge in [0.25, 0.3) is 0 Å². The topological polar surface area (TPSA) is 44.5 Å². The molecule has 1 aliphatic rings. The highest BCUT2D eigenvalue weighted by atomic mass is 16.5. The maximum Gasteiger partial charge on any atom is 0.121 e. The lowest BCUT2D eigenvalue weighted by Gasteiger charge is -2.37. The van der Waals surface area contributed by atoms with Crippen molar-refractivity contribution >= 4 is 5.69 Å². The van der Waals surface area contributed by atoms with E-state index in [1.165, 1.54) is 19.3 Å². The van der Waals surface area contributed by atoms with E-state index in [2.05, 4.69) is 20.8 Å². The third-order valence-electron chi connectivity index (χ3n) is 4.50. The van der Waals surface area contributed by atoms with Gasteiger partial charge in [-0.3, -0.25) is 0 Å².